The number of nitrogens with zero attached hydrogens (tertiary/aromatic N) is 1. The molecule has 1 aliphatic heterocycles. The minimum atomic E-state index is -0.810. The number of urea groups is 1. The first kappa shape index (κ1) is 27.7. The summed E-state index contributed by atoms with van der Waals surface area (Å²) < 4.78 is 12.1. The smallest absolute Gasteiger partial charge is 0.335 e. The lowest BCUT2D eigenvalue weighted by Gasteiger charge is -2.26. The second-order valence-electron chi connectivity index (χ2n) is 10.4. The minimum absolute atomic E-state index is 0.173. The molecule has 43 heavy (non-hydrogen) atoms. The predicted molar refractivity (Wildman–Crippen MR) is 168 cm³/mol. The predicted octanol–water partition coefficient (Wildman–Crippen LogP) is 7.34. The largest absolute Gasteiger partial charge is 0.494 e. The second kappa shape index (κ2) is 11.8. The second-order valence-corrected chi connectivity index (χ2v) is 10.4. The van der Waals surface area contributed by atoms with E-state index in [2.05, 4.69) is 29.6 Å². The Hall–Kier alpha value is -5.43. The van der Waals surface area contributed by atoms with Gasteiger partial charge in [0.25, 0.3) is 11.8 Å². The number of imide groups is 2. The van der Waals surface area contributed by atoms with Gasteiger partial charge in [0.15, 0.2) is 0 Å². The van der Waals surface area contributed by atoms with Gasteiger partial charge in [0.1, 0.15) is 23.7 Å². The Kier molecular flexibility index (Phi) is 7.62. The molecule has 1 N–H and O–H groups in total. The highest BCUT2D eigenvalue weighted by Gasteiger charge is 2.37. The summed E-state index contributed by atoms with van der Waals surface area (Å²) in [5, 5.41) is 6.26. The number of aryl methyl sites for hydroxylation is 1. The normalized spacial score (nSPS) is 14.4. The Balaban J connectivity index is 1.39. The van der Waals surface area contributed by atoms with Crippen molar-refractivity contribution >= 4 is 51.2 Å². The van der Waals surface area contributed by atoms with E-state index in [9.17, 15) is 14.4 Å². The molecule has 6 rings (SSSR count). The monoisotopic (exact) mass is 570 g/mol. The molecule has 1 aliphatic rings. The number of nitrogens with one attached hydrogen (secondary N) is 1. The molecule has 0 aliphatic carbocycles. The van der Waals surface area contributed by atoms with Crippen LogP contribution in [0.1, 0.15) is 30.0 Å². The highest BCUT2D eigenvalue weighted by molar-refractivity contribution is 6.39. The summed E-state index contributed by atoms with van der Waals surface area (Å²) in [4.78, 5) is 40.6. The van der Waals surface area contributed by atoms with Crippen LogP contribution >= 0.6 is 0 Å². The number of rotatable bonds is 8. The van der Waals surface area contributed by atoms with Gasteiger partial charge in [-0.2, -0.15) is 0 Å². The van der Waals surface area contributed by atoms with E-state index in [-0.39, 0.29) is 5.57 Å². The molecule has 0 saturated carbocycles. The lowest BCUT2D eigenvalue weighted by Crippen LogP contribution is -2.54. The molecule has 0 unspecified atom stereocenters. The molecule has 7 heteroatoms. The van der Waals surface area contributed by atoms with Gasteiger partial charge in [0.05, 0.1) is 12.3 Å². The number of fused-ring (bicyclic) bond motifs is 2. The fourth-order valence-electron chi connectivity index (χ4n) is 5.28. The standard InChI is InChI=1S/C36H30N2O5/c1-3-20-42-27-17-15-26(16-18-27)38-35(40)31(34(39)37-36(38)41)21-30-28-10-6-4-9-25(28)14-19-33(30)43-22-32-23(2)12-13-24-8-5-7-11-29(24)32/h4-19,21H,3,20,22H2,1-2H3,(H,37,39,41)/b31-21-. The van der Waals surface area contributed by atoms with E-state index in [0.29, 0.717) is 36.0 Å². The third-order valence-corrected chi connectivity index (χ3v) is 7.54. The maximum atomic E-state index is 13.7. The molecular weight excluding hydrogens is 540 g/mol. The first-order valence-corrected chi connectivity index (χ1v) is 14.2. The van der Waals surface area contributed by atoms with Crippen LogP contribution in [0.4, 0.5) is 10.5 Å². The molecule has 7 nitrogen and oxygen atoms in total. The molecule has 4 amide bonds. The van der Waals surface area contributed by atoms with Crippen molar-refractivity contribution in [1.29, 1.82) is 0 Å². The molecule has 5 aromatic rings. The van der Waals surface area contributed by atoms with Crippen LogP contribution in [-0.4, -0.2) is 24.5 Å². The fraction of sp³-hybridized carbons (Fsp3) is 0.139. The number of barbiturate groups is 1. The molecular formula is C36H30N2O5. The third-order valence-electron chi connectivity index (χ3n) is 7.54. The lowest BCUT2D eigenvalue weighted by molar-refractivity contribution is -0.122. The van der Waals surface area contributed by atoms with Crippen molar-refractivity contribution in [3.8, 4) is 11.5 Å². The summed E-state index contributed by atoms with van der Waals surface area (Å²) in [6.07, 6.45) is 2.37. The van der Waals surface area contributed by atoms with Crippen molar-refractivity contribution in [2.45, 2.75) is 26.9 Å². The first-order chi connectivity index (χ1) is 20.9. The molecule has 0 bridgehead atoms. The minimum Gasteiger partial charge on any atom is -0.494 e. The van der Waals surface area contributed by atoms with E-state index in [4.69, 9.17) is 9.47 Å². The van der Waals surface area contributed by atoms with Gasteiger partial charge in [0, 0.05) is 11.1 Å². The van der Waals surface area contributed by atoms with Gasteiger partial charge in [-0.25, -0.2) is 9.69 Å². The van der Waals surface area contributed by atoms with Crippen LogP contribution in [0.5, 0.6) is 11.5 Å². The van der Waals surface area contributed by atoms with Crippen molar-refractivity contribution in [2.24, 2.45) is 0 Å². The van der Waals surface area contributed by atoms with Crippen molar-refractivity contribution in [1.82, 2.24) is 5.32 Å². The van der Waals surface area contributed by atoms with Crippen LogP contribution in [0.3, 0.4) is 0 Å². The molecule has 1 fully saturated rings. The van der Waals surface area contributed by atoms with E-state index in [1.165, 1.54) is 6.08 Å². The average Bonchev–Trinajstić information content (AvgIpc) is 3.02. The number of benzene rings is 5. The Morgan fingerprint density at radius 1 is 0.767 bits per heavy atom. The third kappa shape index (κ3) is 5.45. The Morgan fingerprint density at radius 3 is 2.19 bits per heavy atom. The summed E-state index contributed by atoms with van der Waals surface area (Å²) in [5.41, 5.74) is 2.88. The molecule has 214 valence electrons. The topological polar surface area (TPSA) is 84.9 Å². The maximum absolute atomic E-state index is 13.7. The number of hydrogen-bond acceptors (Lipinski definition) is 5. The number of anilines is 1. The van der Waals surface area contributed by atoms with E-state index in [1.54, 1.807) is 24.3 Å². The van der Waals surface area contributed by atoms with Crippen molar-refractivity contribution in [2.75, 3.05) is 11.5 Å². The molecule has 0 aromatic heterocycles. The molecule has 0 radical (unpaired) electrons. The average molecular weight is 571 g/mol. The summed E-state index contributed by atoms with van der Waals surface area (Å²) in [5.74, 6) is -0.348. The number of carbonyl (C=O) groups is 3. The van der Waals surface area contributed by atoms with Gasteiger partial charge < -0.3 is 9.47 Å². The number of hydrogen-bond donors (Lipinski definition) is 1. The molecule has 5 aromatic carbocycles. The van der Waals surface area contributed by atoms with Crippen LogP contribution in [-0.2, 0) is 16.2 Å². The highest BCUT2D eigenvalue weighted by Crippen LogP contribution is 2.33. The van der Waals surface area contributed by atoms with Crippen LogP contribution < -0.4 is 19.7 Å². The first-order valence-electron chi connectivity index (χ1n) is 14.2. The van der Waals surface area contributed by atoms with Crippen LogP contribution in [0, 0.1) is 6.92 Å². The Bertz CT molecular complexity index is 1910. The van der Waals surface area contributed by atoms with Gasteiger partial charge >= 0.3 is 6.03 Å². The van der Waals surface area contributed by atoms with Crippen LogP contribution in [0.15, 0.2) is 103 Å². The summed E-state index contributed by atoms with van der Waals surface area (Å²) in [7, 11) is 0. The van der Waals surface area contributed by atoms with Gasteiger partial charge in [0.2, 0.25) is 0 Å². The van der Waals surface area contributed by atoms with Gasteiger partial charge in [-0.05, 0) is 76.9 Å². The van der Waals surface area contributed by atoms with E-state index < -0.39 is 17.8 Å². The number of ether oxygens (including phenoxy) is 2. The van der Waals surface area contributed by atoms with Gasteiger partial charge in [-0.15, -0.1) is 0 Å². The molecule has 0 spiro atoms. The van der Waals surface area contributed by atoms with Crippen LogP contribution in [0.25, 0.3) is 27.6 Å². The maximum Gasteiger partial charge on any atom is 0.335 e. The van der Waals surface area contributed by atoms with Crippen molar-refractivity contribution in [3.63, 3.8) is 0 Å². The Labute approximate surface area is 249 Å². The lowest BCUT2D eigenvalue weighted by atomic mass is 9.99. The number of carbonyl (C=O) groups excluding carboxylic acids is 3. The molecule has 1 saturated heterocycles. The quantitative estimate of drug-likeness (QED) is 0.156. The van der Waals surface area contributed by atoms with E-state index in [0.717, 1.165) is 44.0 Å². The summed E-state index contributed by atoms with van der Waals surface area (Å²) >= 11 is 0. The molecule has 0 atom stereocenters. The Morgan fingerprint density at radius 2 is 1.44 bits per heavy atom. The van der Waals surface area contributed by atoms with Gasteiger partial charge in [-0.3, -0.25) is 14.9 Å². The zero-order chi connectivity index (χ0) is 29.9. The SMILES string of the molecule is CCCOc1ccc(N2C(=O)NC(=O)/C(=C/c3c(OCc4c(C)ccc5ccccc45)ccc4ccccc34)C2=O)cc1. The zero-order valence-electron chi connectivity index (χ0n) is 23.9. The zero-order valence-corrected chi connectivity index (χ0v) is 23.9. The molecule has 1 heterocycles. The van der Waals surface area contributed by atoms with E-state index in [1.807, 2.05) is 62.4 Å². The van der Waals surface area contributed by atoms with E-state index >= 15 is 0 Å². The van der Waals surface area contributed by atoms with Crippen LogP contribution in [0.2, 0.25) is 0 Å². The summed E-state index contributed by atoms with van der Waals surface area (Å²) in [6.45, 7) is 4.90. The van der Waals surface area contributed by atoms with Crippen molar-refractivity contribution in [3.05, 3.63) is 119 Å². The highest BCUT2D eigenvalue weighted by atomic mass is 16.5. The van der Waals surface area contributed by atoms with Crippen molar-refractivity contribution < 1.29 is 23.9 Å². The number of amides is 4. The summed E-state index contributed by atoms with van der Waals surface area (Å²) in [6, 6.07) is 29.6. The fourth-order valence-corrected chi connectivity index (χ4v) is 5.28. The van der Waals surface area contributed by atoms with Gasteiger partial charge in [-0.1, -0.05) is 73.7 Å².